The number of piperidine rings is 1. The lowest BCUT2D eigenvalue weighted by Crippen LogP contribution is -2.68. The van der Waals surface area contributed by atoms with Gasteiger partial charge in [-0.1, -0.05) is 0 Å². The van der Waals surface area contributed by atoms with E-state index in [1.807, 2.05) is 0 Å². The van der Waals surface area contributed by atoms with E-state index in [0.717, 1.165) is 48.9 Å². The van der Waals surface area contributed by atoms with Crippen LogP contribution in [0.15, 0.2) is 6.07 Å². The van der Waals surface area contributed by atoms with Crippen LogP contribution in [0.3, 0.4) is 0 Å². The van der Waals surface area contributed by atoms with E-state index in [1.54, 1.807) is 6.07 Å². The summed E-state index contributed by atoms with van der Waals surface area (Å²) in [6.45, 7) is 2.41. The van der Waals surface area contributed by atoms with Crippen molar-refractivity contribution in [3.05, 3.63) is 22.8 Å². The quantitative estimate of drug-likeness (QED) is 0.620. The smallest absolute Gasteiger partial charge is 0.303 e. The first-order valence-electron chi connectivity index (χ1n) is 10.2. The molecule has 1 amide bonds. The summed E-state index contributed by atoms with van der Waals surface area (Å²) >= 11 is 0. The average Bonchev–Trinajstić information content (AvgIpc) is 2.97. The summed E-state index contributed by atoms with van der Waals surface area (Å²) in [6, 6.07) is 1.94. The minimum Gasteiger partial charge on any atom is -0.504 e. The van der Waals surface area contributed by atoms with Gasteiger partial charge in [-0.2, -0.15) is 0 Å². The fraction of sp³-hybridized carbons (Fsp3) is 0.619. The van der Waals surface area contributed by atoms with E-state index in [4.69, 9.17) is 9.84 Å². The van der Waals surface area contributed by atoms with Gasteiger partial charge in [0.05, 0.1) is 6.04 Å². The zero-order valence-corrected chi connectivity index (χ0v) is 16.0. The molecule has 0 aromatic heterocycles. The second kappa shape index (κ2) is 6.11. The van der Waals surface area contributed by atoms with Crippen molar-refractivity contribution in [2.24, 2.45) is 5.92 Å². The number of hydrogen-bond donors (Lipinski definition) is 4. The Kier molecular flexibility index (Phi) is 3.88. The number of aromatic hydroxyl groups is 1. The third kappa shape index (κ3) is 2.32. The number of carbonyl (C=O) groups is 2. The summed E-state index contributed by atoms with van der Waals surface area (Å²) in [4.78, 5) is 22.9. The van der Waals surface area contributed by atoms with E-state index in [1.165, 1.54) is 6.92 Å². The van der Waals surface area contributed by atoms with Gasteiger partial charge in [-0.05, 0) is 61.8 Å². The Morgan fingerprint density at radius 2 is 2.21 bits per heavy atom. The van der Waals surface area contributed by atoms with Crippen molar-refractivity contribution in [1.82, 2.24) is 10.6 Å². The van der Waals surface area contributed by atoms with Crippen molar-refractivity contribution in [2.75, 3.05) is 6.54 Å². The van der Waals surface area contributed by atoms with Crippen molar-refractivity contribution in [3.8, 4) is 11.5 Å². The van der Waals surface area contributed by atoms with Crippen LogP contribution in [0.2, 0.25) is 0 Å². The van der Waals surface area contributed by atoms with Gasteiger partial charge in [-0.25, -0.2) is 0 Å². The monoisotopic (exact) mass is 386 g/mol. The molecule has 0 radical (unpaired) electrons. The first kappa shape index (κ1) is 17.8. The normalized spacial score (nSPS) is 34.3. The highest BCUT2D eigenvalue weighted by Gasteiger charge is 2.65. The topological polar surface area (TPSA) is 108 Å². The van der Waals surface area contributed by atoms with Gasteiger partial charge in [0.25, 0.3) is 0 Å². The molecule has 2 heterocycles. The van der Waals surface area contributed by atoms with E-state index in [2.05, 4.69) is 10.6 Å². The number of aliphatic carboxylic acids is 1. The van der Waals surface area contributed by atoms with E-state index in [-0.39, 0.29) is 35.6 Å². The molecule has 2 aliphatic heterocycles. The Morgan fingerprint density at radius 1 is 1.39 bits per heavy atom. The lowest BCUT2D eigenvalue weighted by Gasteiger charge is -2.57. The van der Waals surface area contributed by atoms with Crippen molar-refractivity contribution in [3.63, 3.8) is 0 Å². The first-order valence-corrected chi connectivity index (χ1v) is 10.2. The van der Waals surface area contributed by atoms with E-state index in [9.17, 15) is 14.7 Å². The molecule has 1 saturated heterocycles. The summed E-state index contributed by atoms with van der Waals surface area (Å²) in [5.41, 5.74) is 2.93. The third-order valence-electron chi connectivity index (χ3n) is 7.35. The van der Waals surface area contributed by atoms with Crippen molar-refractivity contribution < 1.29 is 24.5 Å². The molecule has 150 valence electrons. The van der Waals surface area contributed by atoms with Gasteiger partial charge < -0.3 is 25.6 Å². The number of nitrogens with one attached hydrogen (secondary N) is 2. The second-order valence-electron chi connectivity index (χ2n) is 8.72. The van der Waals surface area contributed by atoms with Crippen LogP contribution in [0.4, 0.5) is 0 Å². The molecular formula is C21H26N2O5. The number of aryl methyl sites for hydroxylation is 1. The fourth-order valence-electron chi connectivity index (χ4n) is 6.50. The molecule has 1 aromatic carbocycles. The molecule has 7 nitrogen and oxygen atoms in total. The van der Waals surface area contributed by atoms with E-state index >= 15 is 0 Å². The van der Waals surface area contributed by atoms with Crippen molar-refractivity contribution in [1.29, 1.82) is 0 Å². The predicted molar refractivity (Wildman–Crippen MR) is 101 cm³/mol. The van der Waals surface area contributed by atoms with Gasteiger partial charge in [0.2, 0.25) is 5.91 Å². The lowest BCUT2D eigenvalue weighted by molar-refractivity contribution is -0.137. The third-order valence-corrected chi connectivity index (χ3v) is 7.35. The van der Waals surface area contributed by atoms with Crippen LogP contribution in [0.5, 0.6) is 11.5 Å². The number of phenols is 1. The Bertz CT molecular complexity index is 869. The number of carboxylic acid groups (broad SMARTS) is 1. The van der Waals surface area contributed by atoms with Crippen LogP contribution in [-0.4, -0.2) is 46.8 Å². The Labute approximate surface area is 163 Å². The number of carboxylic acids is 1. The molecule has 1 aromatic rings. The first-order chi connectivity index (χ1) is 13.4. The van der Waals surface area contributed by atoms with Crippen LogP contribution in [-0.2, 0) is 27.8 Å². The van der Waals surface area contributed by atoms with Gasteiger partial charge in [-0.3, -0.25) is 9.59 Å². The minimum atomic E-state index is -0.838. The van der Waals surface area contributed by atoms with Gasteiger partial charge in [0.15, 0.2) is 11.5 Å². The molecular weight excluding hydrogens is 360 g/mol. The number of hydrogen-bond acceptors (Lipinski definition) is 5. The number of rotatable bonds is 4. The van der Waals surface area contributed by atoms with Crippen LogP contribution >= 0.6 is 0 Å². The highest BCUT2D eigenvalue weighted by Crippen LogP contribution is 2.63. The maximum atomic E-state index is 11.8. The minimum absolute atomic E-state index is 0.0402. The summed E-state index contributed by atoms with van der Waals surface area (Å²) in [5, 5.41) is 26.6. The van der Waals surface area contributed by atoms with Gasteiger partial charge in [-0.15, -0.1) is 0 Å². The van der Waals surface area contributed by atoms with Crippen molar-refractivity contribution >= 4 is 11.9 Å². The Morgan fingerprint density at radius 3 is 2.96 bits per heavy atom. The largest absolute Gasteiger partial charge is 0.504 e. The molecule has 4 aliphatic rings. The van der Waals surface area contributed by atoms with E-state index in [0.29, 0.717) is 24.1 Å². The Balaban J connectivity index is 1.66. The molecule has 1 unspecified atom stereocenters. The van der Waals surface area contributed by atoms with Gasteiger partial charge in [0, 0.05) is 30.4 Å². The number of ether oxygens (including phenoxy) is 1. The highest BCUT2D eigenvalue weighted by atomic mass is 16.5. The molecule has 5 rings (SSSR count). The standard InChI is InChI=1S/C21H26N2O5/c1-10(24)23-14-4-3-13-15-9-12-11(2-5-17(26)27)8-16(25)19-18(12)21(13,6-7-22-15)20(14)28-19/h8,13-15,20,22,25H,2-7,9H2,1H3,(H,23,24)(H,26,27)/t13?,14-,15+,20-,21-/m0/s1. The molecule has 2 aliphatic carbocycles. The number of phenolic OH excluding ortho intramolecular Hbond substituents is 1. The molecule has 4 N–H and O–H groups in total. The lowest BCUT2D eigenvalue weighted by atomic mass is 9.51. The number of amides is 1. The SMILES string of the molecule is CC(=O)N[C@H]1CCC2[C@H]3Cc4c(CCC(=O)O)cc(O)c5c4[C@@]2(CCN3)[C@H]1O5. The van der Waals surface area contributed by atoms with Crippen LogP contribution in [0.1, 0.15) is 49.3 Å². The molecule has 5 atom stereocenters. The maximum Gasteiger partial charge on any atom is 0.303 e. The molecule has 1 spiro atoms. The molecule has 1 saturated carbocycles. The number of benzene rings is 1. The molecule has 2 fully saturated rings. The van der Waals surface area contributed by atoms with Crippen molar-refractivity contribution in [2.45, 2.75) is 69.1 Å². The maximum absolute atomic E-state index is 11.8. The predicted octanol–water partition coefficient (Wildman–Crippen LogP) is 1.24. The zero-order valence-electron chi connectivity index (χ0n) is 16.0. The Hall–Kier alpha value is -2.28. The van der Waals surface area contributed by atoms with Crippen LogP contribution < -0.4 is 15.4 Å². The molecule has 2 bridgehead atoms. The van der Waals surface area contributed by atoms with Crippen LogP contribution in [0, 0.1) is 5.92 Å². The molecule has 28 heavy (non-hydrogen) atoms. The summed E-state index contributed by atoms with van der Waals surface area (Å²) in [5.74, 6) is 0.156. The summed E-state index contributed by atoms with van der Waals surface area (Å²) < 4.78 is 6.39. The van der Waals surface area contributed by atoms with Gasteiger partial charge in [0.1, 0.15) is 6.10 Å². The average molecular weight is 386 g/mol. The van der Waals surface area contributed by atoms with Gasteiger partial charge >= 0.3 is 5.97 Å². The number of carbonyl (C=O) groups excluding carboxylic acids is 1. The van der Waals surface area contributed by atoms with E-state index < -0.39 is 5.97 Å². The fourth-order valence-corrected chi connectivity index (χ4v) is 6.50. The highest BCUT2D eigenvalue weighted by molar-refractivity contribution is 5.74. The van der Waals surface area contributed by atoms with Crippen LogP contribution in [0.25, 0.3) is 0 Å². The summed E-state index contributed by atoms with van der Waals surface area (Å²) in [6.07, 6.45) is 3.86. The molecule has 7 heteroatoms. The second-order valence-corrected chi connectivity index (χ2v) is 8.72. The summed E-state index contributed by atoms with van der Waals surface area (Å²) in [7, 11) is 0. The zero-order chi connectivity index (χ0) is 19.6.